The van der Waals surface area contributed by atoms with Gasteiger partial charge in [0.2, 0.25) is 0 Å². The maximum absolute atomic E-state index is 13.0. The molecule has 0 aliphatic carbocycles. The predicted octanol–water partition coefficient (Wildman–Crippen LogP) is 3.82. The van der Waals surface area contributed by atoms with E-state index in [0.717, 1.165) is 16.8 Å². The summed E-state index contributed by atoms with van der Waals surface area (Å²) in [6, 6.07) is 9.74. The van der Waals surface area contributed by atoms with Crippen molar-refractivity contribution < 1.29 is 9.13 Å². The maximum Gasteiger partial charge on any atom is 0.130 e. The molecule has 2 nitrogen and oxygen atoms in total. The van der Waals surface area contributed by atoms with Crippen LogP contribution in [0.15, 0.2) is 36.4 Å². The molecule has 88 valence electrons. The summed E-state index contributed by atoms with van der Waals surface area (Å²) < 4.78 is 18.6. The molecule has 0 atom stereocenters. The summed E-state index contributed by atoms with van der Waals surface area (Å²) in [5, 5.41) is 0. The number of anilines is 1. The van der Waals surface area contributed by atoms with E-state index in [4.69, 9.17) is 10.5 Å². The van der Waals surface area contributed by atoms with Gasteiger partial charge in [-0.15, -0.1) is 0 Å². The van der Waals surface area contributed by atoms with Crippen LogP contribution in [0.1, 0.15) is 11.1 Å². The predicted molar refractivity (Wildman–Crippen MR) is 66.8 cm³/mol. The van der Waals surface area contributed by atoms with E-state index >= 15 is 0 Å². The largest absolute Gasteiger partial charge is 0.457 e. The van der Waals surface area contributed by atoms with Crippen LogP contribution in [0, 0.1) is 19.7 Å². The molecule has 0 spiro atoms. The number of aryl methyl sites for hydroxylation is 2. The topological polar surface area (TPSA) is 35.2 Å². The molecule has 0 aliphatic rings. The summed E-state index contributed by atoms with van der Waals surface area (Å²) >= 11 is 0. The van der Waals surface area contributed by atoms with Crippen LogP contribution in [0.25, 0.3) is 0 Å². The summed E-state index contributed by atoms with van der Waals surface area (Å²) in [5.74, 6) is 0.833. The van der Waals surface area contributed by atoms with Gasteiger partial charge in [0.1, 0.15) is 17.3 Å². The summed E-state index contributed by atoms with van der Waals surface area (Å²) in [7, 11) is 0. The summed E-state index contributed by atoms with van der Waals surface area (Å²) in [5.41, 5.74) is 8.52. The zero-order valence-corrected chi connectivity index (χ0v) is 9.83. The third kappa shape index (κ3) is 2.56. The first-order chi connectivity index (χ1) is 8.06. The lowest BCUT2D eigenvalue weighted by atomic mass is 10.1. The molecule has 0 amide bonds. The van der Waals surface area contributed by atoms with Crippen molar-refractivity contribution in [3.63, 3.8) is 0 Å². The Labute approximate surface area is 99.8 Å². The zero-order valence-electron chi connectivity index (χ0n) is 9.83. The number of hydrogen-bond donors (Lipinski definition) is 1. The molecule has 0 unspecified atom stereocenters. The number of benzene rings is 2. The molecule has 0 fully saturated rings. The van der Waals surface area contributed by atoms with Crippen molar-refractivity contribution in [2.45, 2.75) is 13.8 Å². The Hall–Kier alpha value is -2.03. The van der Waals surface area contributed by atoms with E-state index in [1.165, 1.54) is 12.1 Å². The molecule has 0 heterocycles. The van der Waals surface area contributed by atoms with Crippen LogP contribution in [0.4, 0.5) is 10.1 Å². The molecular formula is C14H14FNO. The van der Waals surface area contributed by atoms with E-state index in [-0.39, 0.29) is 5.82 Å². The number of rotatable bonds is 2. The van der Waals surface area contributed by atoms with Gasteiger partial charge >= 0.3 is 0 Å². The monoisotopic (exact) mass is 231 g/mol. The van der Waals surface area contributed by atoms with Crippen molar-refractivity contribution in [2.75, 3.05) is 5.73 Å². The summed E-state index contributed by atoms with van der Waals surface area (Å²) in [6.45, 7) is 3.83. The first kappa shape index (κ1) is 11.5. The maximum atomic E-state index is 13.0. The molecular weight excluding hydrogens is 217 g/mol. The molecule has 17 heavy (non-hydrogen) atoms. The van der Waals surface area contributed by atoms with Crippen LogP contribution < -0.4 is 10.5 Å². The fourth-order valence-corrected chi connectivity index (χ4v) is 1.66. The van der Waals surface area contributed by atoms with Gasteiger partial charge in [-0.1, -0.05) is 6.07 Å². The van der Waals surface area contributed by atoms with Crippen molar-refractivity contribution in [1.82, 2.24) is 0 Å². The van der Waals surface area contributed by atoms with Gasteiger partial charge in [0, 0.05) is 11.8 Å². The second-order valence-electron chi connectivity index (χ2n) is 4.03. The van der Waals surface area contributed by atoms with Crippen molar-refractivity contribution in [3.05, 3.63) is 53.3 Å². The van der Waals surface area contributed by atoms with E-state index in [1.807, 2.05) is 26.0 Å². The number of halogens is 1. The second kappa shape index (κ2) is 4.45. The Morgan fingerprint density at radius 3 is 2.24 bits per heavy atom. The highest BCUT2D eigenvalue weighted by atomic mass is 19.1. The van der Waals surface area contributed by atoms with Crippen molar-refractivity contribution in [1.29, 1.82) is 0 Å². The number of hydrogen-bond acceptors (Lipinski definition) is 2. The lowest BCUT2D eigenvalue weighted by Crippen LogP contribution is -1.95. The Morgan fingerprint density at radius 1 is 1.00 bits per heavy atom. The molecule has 0 saturated heterocycles. The van der Waals surface area contributed by atoms with Gasteiger partial charge in [0.15, 0.2) is 0 Å². The van der Waals surface area contributed by atoms with Crippen LogP contribution in [0.5, 0.6) is 11.5 Å². The van der Waals surface area contributed by atoms with Gasteiger partial charge in [0.25, 0.3) is 0 Å². The smallest absolute Gasteiger partial charge is 0.130 e. The third-order valence-corrected chi connectivity index (χ3v) is 2.60. The average Bonchev–Trinajstić information content (AvgIpc) is 2.26. The molecule has 2 aromatic rings. The van der Waals surface area contributed by atoms with Gasteiger partial charge in [-0.3, -0.25) is 0 Å². The average molecular weight is 231 g/mol. The van der Waals surface area contributed by atoms with Crippen LogP contribution in [0.3, 0.4) is 0 Å². The quantitative estimate of drug-likeness (QED) is 0.797. The van der Waals surface area contributed by atoms with E-state index in [2.05, 4.69) is 0 Å². The summed E-state index contributed by atoms with van der Waals surface area (Å²) in [4.78, 5) is 0. The molecule has 2 rings (SSSR count). The Kier molecular flexibility index (Phi) is 3.00. The Bertz CT molecular complexity index is 529. The molecule has 0 saturated carbocycles. The van der Waals surface area contributed by atoms with E-state index < -0.39 is 0 Å². The van der Waals surface area contributed by atoms with Crippen LogP contribution >= 0.6 is 0 Å². The minimum absolute atomic E-state index is 0.314. The highest BCUT2D eigenvalue weighted by Crippen LogP contribution is 2.27. The normalized spacial score (nSPS) is 10.3. The second-order valence-corrected chi connectivity index (χ2v) is 4.03. The van der Waals surface area contributed by atoms with Crippen molar-refractivity contribution in [2.24, 2.45) is 0 Å². The van der Waals surface area contributed by atoms with Crippen LogP contribution in [0.2, 0.25) is 0 Å². The molecule has 3 heteroatoms. The van der Waals surface area contributed by atoms with Gasteiger partial charge in [0.05, 0.1) is 0 Å². The molecule has 0 aromatic heterocycles. The minimum atomic E-state index is -0.314. The highest BCUT2D eigenvalue weighted by molar-refractivity contribution is 5.56. The SMILES string of the molecule is Cc1cc(Oc2cccc(F)c2)cc(C)c1N. The van der Waals surface area contributed by atoms with Gasteiger partial charge < -0.3 is 10.5 Å². The Balaban J connectivity index is 2.31. The van der Waals surface area contributed by atoms with Crippen LogP contribution in [-0.4, -0.2) is 0 Å². The fourth-order valence-electron chi connectivity index (χ4n) is 1.66. The zero-order chi connectivity index (χ0) is 12.4. The molecule has 0 bridgehead atoms. The lowest BCUT2D eigenvalue weighted by Gasteiger charge is -2.10. The highest BCUT2D eigenvalue weighted by Gasteiger charge is 2.04. The van der Waals surface area contributed by atoms with Crippen molar-refractivity contribution >= 4 is 5.69 Å². The van der Waals surface area contributed by atoms with Crippen LogP contribution in [-0.2, 0) is 0 Å². The molecule has 0 radical (unpaired) electrons. The third-order valence-electron chi connectivity index (χ3n) is 2.60. The summed E-state index contributed by atoms with van der Waals surface area (Å²) in [6.07, 6.45) is 0. The minimum Gasteiger partial charge on any atom is -0.457 e. The Morgan fingerprint density at radius 2 is 1.65 bits per heavy atom. The first-order valence-corrected chi connectivity index (χ1v) is 5.36. The van der Waals surface area contributed by atoms with E-state index in [0.29, 0.717) is 11.5 Å². The molecule has 2 N–H and O–H groups in total. The fraction of sp³-hybridized carbons (Fsp3) is 0.143. The lowest BCUT2D eigenvalue weighted by molar-refractivity contribution is 0.476. The number of nitrogens with two attached hydrogens (primary N) is 1. The molecule has 2 aromatic carbocycles. The van der Waals surface area contributed by atoms with Gasteiger partial charge in [-0.25, -0.2) is 4.39 Å². The van der Waals surface area contributed by atoms with E-state index in [9.17, 15) is 4.39 Å². The van der Waals surface area contributed by atoms with Gasteiger partial charge in [-0.05, 0) is 49.2 Å². The standard InChI is InChI=1S/C14H14FNO/c1-9-6-13(7-10(2)14(9)16)17-12-5-3-4-11(15)8-12/h3-8H,16H2,1-2H3. The van der Waals surface area contributed by atoms with Crippen molar-refractivity contribution in [3.8, 4) is 11.5 Å². The molecule has 0 aliphatic heterocycles. The number of ether oxygens (including phenoxy) is 1. The number of nitrogen functional groups attached to an aromatic ring is 1. The first-order valence-electron chi connectivity index (χ1n) is 5.36. The van der Waals surface area contributed by atoms with E-state index in [1.54, 1.807) is 12.1 Å². The van der Waals surface area contributed by atoms with Gasteiger partial charge in [-0.2, -0.15) is 0 Å².